The third-order valence-corrected chi connectivity index (χ3v) is 5.31. The lowest BCUT2D eigenvalue weighted by molar-refractivity contribution is 0.0975. The molecule has 0 fully saturated rings. The fourth-order valence-electron chi connectivity index (χ4n) is 3.71. The Balaban J connectivity index is 1.64. The minimum Gasteiger partial charge on any atom is -0.505 e. The van der Waals surface area contributed by atoms with Crippen LogP contribution in [0.1, 0.15) is 20.9 Å². The molecule has 8 nitrogen and oxygen atoms in total. The molecule has 0 bridgehead atoms. The molecule has 4 aromatic carbocycles. The van der Waals surface area contributed by atoms with Crippen molar-refractivity contribution < 1.29 is 19.1 Å². The van der Waals surface area contributed by atoms with Crippen LogP contribution in [0.15, 0.2) is 99.6 Å². The first-order valence-electron chi connectivity index (χ1n) is 10.4. The summed E-state index contributed by atoms with van der Waals surface area (Å²) in [7, 11) is 0. The largest absolute Gasteiger partial charge is 0.505 e. The zero-order valence-corrected chi connectivity index (χ0v) is 17.7. The van der Waals surface area contributed by atoms with Crippen LogP contribution in [0.25, 0.3) is 21.7 Å². The predicted octanol–water partition coefficient (Wildman–Crippen LogP) is 6.06. The molecule has 1 aromatic heterocycles. The maximum Gasteiger partial charge on any atom is 0.286 e. The second kappa shape index (κ2) is 8.51. The number of nitrogens with zero attached hydrogens (tertiary/aromatic N) is 2. The maximum atomic E-state index is 13.0. The van der Waals surface area contributed by atoms with E-state index in [0.717, 1.165) is 0 Å². The van der Waals surface area contributed by atoms with E-state index in [1.54, 1.807) is 72.8 Å². The number of fused-ring (bicyclic) bond motifs is 2. The third-order valence-electron chi connectivity index (χ3n) is 5.31. The van der Waals surface area contributed by atoms with Crippen LogP contribution in [0.2, 0.25) is 0 Å². The molecule has 1 heterocycles. The molecule has 0 aliphatic carbocycles. The zero-order valence-electron chi connectivity index (χ0n) is 17.7. The van der Waals surface area contributed by atoms with Gasteiger partial charge in [-0.3, -0.25) is 9.59 Å². The van der Waals surface area contributed by atoms with Gasteiger partial charge in [-0.15, -0.1) is 10.2 Å². The summed E-state index contributed by atoms with van der Waals surface area (Å²) in [6.07, 6.45) is 0. The highest BCUT2D eigenvalue weighted by molar-refractivity contribution is 6.12. The summed E-state index contributed by atoms with van der Waals surface area (Å²) in [5.41, 5.74) is 6.73. The Bertz CT molecular complexity index is 1590. The number of amides is 2. The van der Waals surface area contributed by atoms with Gasteiger partial charge in [-0.1, -0.05) is 54.6 Å². The second-order valence-electron chi connectivity index (χ2n) is 7.50. The molecule has 0 saturated heterocycles. The summed E-state index contributed by atoms with van der Waals surface area (Å²) in [6, 6.07) is 24.6. The maximum absolute atomic E-state index is 13.0. The minimum absolute atomic E-state index is 0.0312. The van der Waals surface area contributed by atoms with Crippen LogP contribution < -0.4 is 11.1 Å². The molecule has 0 atom stereocenters. The van der Waals surface area contributed by atoms with E-state index in [1.807, 2.05) is 12.1 Å². The SMILES string of the molecule is NC(=O)c1oc2ccccc2c1/N=N/c1c(O)c(C(=O)Nc2ccccc2)cc2ccccc12. The third kappa shape index (κ3) is 3.73. The van der Waals surface area contributed by atoms with E-state index < -0.39 is 11.8 Å². The topological polar surface area (TPSA) is 130 Å². The van der Waals surface area contributed by atoms with Crippen LogP contribution in [0, 0.1) is 0 Å². The second-order valence-corrected chi connectivity index (χ2v) is 7.50. The first kappa shape index (κ1) is 20.9. The van der Waals surface area contributed by atoms with Gasteiger partial charge in [0.25, 0.3) is 11.8 Å². The quantitative estimate of drug-likeness (QED) is 0.281. The summed E-state index contributed by atoms with van der Waals surface area (Å²) in [5.74, 6) is -1.79. The van der Waals surface area contributed by atoms with Crippen molar-refractivity contribution in [1.82, 2.24) is 0 Å². The number of primary amides is 1. The molecule has 0 spiro atoms. The van der Waals surface area contributed by atoms with Crippen molar-refractivity contribution in [2.75, 3.05) is 5.32 Å². The highest BCUT2D eigenvalue weighted by Gasteiger charge is 2.21. The molecule has 0 saturated carbocycles. The molecule has 0 radical (unpaired) electrons. The Labute approximate surface area is 193 Å². The number of rotatable bonds is 5. The fourth-order valence-corrected chi connectivity index (χ4v) is 3.71. The van der Waals surface area contributed by atoms with E-state index in [1.165, 1.54) is 0 Å². The number of aromatic hydroxyl groups is 1. The average molecular weight is 450 g/mol. The van der Waals surface area contributed by atoms with Gasteiger partial charge in [-0.2, -0.15) is 0 Å². The number of phenols is 1. The number of benzene rings is 4. The van der Waals surface area contributed by atoms with Crippen LogP contribution in [0.3, 0.4) is 0 Å². The Morgan fingerprint density at radius 3 is 2.24 bits per heavy atom. The first-order valence-corrected chi connectivity index (χ1v) is 10.4. The van der Waals surface area contributed by atoms with Crippen molar-refractivity contribution in [1.29, 1.82) is 0 Å². The van der Waals surface area contributed by atoms with Gasteiger partial charge in [-0.25, -0.2) is 0 Å². The normalized spacial score (nSPS) is 11.3. The lowest BCUT2D eigenvalue weighted by Gasteiger charge is -2.11. The van der Waals surface area contributed by atoms with Gasteiger partial charge in [0.05, 0.1) is 5.56 Å². The summed E-state index contributed by atoms with van der Waals surface area (Å²) >= 11 is 0. The Hall–Kier alpha value is -4.98. The number of carbonyl (C=O) groups is 2. The Kier molecular flexibility index (Phi) is 5.23. The van der Waals surface area contributed by atoms with Crippen molar-refractivity contribution in [3.8, 4) is 5.75 Å². The number of hydrogen-bond acceptors (Lipinski definition) is 6. The summed E-state index contributed by atoms with van der Waals surface area (Å²) in [5, 5.41) is 24.1. The van der Waals surface area contributed by atoms with Crippen LogP contribution in [-0.2, 0) is 0 Å². The number of hydrogen-bond donors (Lipinski definition) is 3. The molecule has 5 aromatic rings. The van der Waals surface area contributed by atoms with E-state index in [2.05, 4.69) is 15.5 Å². The molecule has 0 aliphatic rings. The number of azo groups is 1. The van der Waals surface area contributed by atoms with Gasteiger partial charge in [0, 0.05) is 16.5 Å². The molecule has 166 valence electrons. The van der Waals surface area contributed by atoms with Crippen molar-refractivity contribution in [2.45, 2.75) is 0 Å². The van der Waals surface area contributed by atoms with E-state index in [-0.39, 0.29) is 28.4 Å². The number of nitrogens with two attached hydrogens (primary N) is 1. The molecule has 2 amide bonds. The number of furan rings is 1. The van der Waals surface area contributed by atoms with E-state index in [4.69, 9.17) is 10.2 Å². The van der Waals surface area contributed by atoms with Crippen molar-refractivity contribution in [3.05, 3.63) is 96.3 Å². The van der Waals surface area contributed by atoms with E-state index >= 15 is 0 Å². The van der Waals surface area contributed by atoms with Crippen LogP contribution in [0.4, 0.5) is 17.1 Å². The Morgan fingerprint density at radius 1 is 0.824 bits per heavy atom. The van der Waals surface area contributed by atoms with Crippen molar-refractivity contribution >= 4 is 50.6 Å². The fraction of sp³-hybridized carbons (Fsp3) is 0. The van der Waals surface area contributed by atoms with Gasteiger partial charge in [0.2, 0.25) is 5.76 Å². The smallest absolute Gasteiger partial charge is 0.286 e. The summed E-state index contributed by atoms with van der Waals surface area (Å²) in [4.78, 5) is 24.9. The molecular weight excluding hydrogens is 432 g/mol. The van der Waals surface area contributed by atoms with Gasteiger partial charge in [0.1, 0.15) is 17.0 Å². The van der Waals surface area contributed by atoms with Crippen LogP contribution in [0.5, 0.6) is 5.75 Å². The molecule has 0 unspecified atom stereocenters. The minimum atomic E-state index is -0.796. The average Bonchev–Trinajstić information content (AvgIpc) is 3.23. The number of carbonyl (C=O) groups excluding carboxylic acids is 2. The van der Waals surface area contributed by atoms with E-state index in [0.29, 0.717) is 27.4 Å². The standard InChI is InChI=1S/C26H18N4O4/c27-25(32)24-22(18-12-6-7-13-20(18)34-24)30-29-21-17-11-5-4-8-15(17)14-19(23(21)31)26(33)28-16-9-2-1-3-10-16/h1-14,31H,(H2,27,32)(H,28,33)/b30-29+. The first-order chi connectivity index (χ1) is 16.5. The zero-order chi connectivity index (χ0) is 23.7. The summed E-state index contributed by atoms with van der Waals surface area (Å²) < 4.78 is 5.54. The van der Waals surface area contributed by atoms with E-state index in [9.17, 15) is 14.7 Å². The lowest BCUT2D eigenvalue weighted by atomic mass is 10.0. The van der Waals surface area contributed by atoms with Crippen molar-refractivity contribution in [2.24, 2.45) is 16.0 Å². The molecule has 4 N–H and O–H groups in total. The van der Waals surface area contributed by atoms with Gasteiger partial charge in [-0.05, 0) is 35.7 Å². The molecule has 0 aliphatic heterocycles. The predicted molar refractivity (Wildman–Crippen MR) is 129 cm³/mol. The number of para-hydroxylation sites is 2. The highest BCUT2D eigenvalue weighted by atomic mass is 16.3. The van der Waals surface area contributed by atoms with Gasteiger partial charge in [0.15, 0.2) is 5.75 Å². The van der Waals surface area contributed by atoms with Crippen molar-refractivity contribution in [3.63, 3.8) is 0 Å². The number of nitrogens with one attached hydrogen (secondary N) is 1. The Morgan fingerprint density at radius 2 is 1.47 bits per heavy atom. The number of phenolic OH excluding ortho intramolecular Hbond substituents is 1. The van der Waals surface area contributed by atoms with Gasteiger partial charge >= 0.3 is 0 Å². The monoisotopic (exact) mass is 450 g/mol. The lowest BCUT2D eigenvalue weighted by Crippen LogP contribution is -2.12. The molecule has 34 heavy (non-hydrogen) atoms. The number of anilines is 1. The molecular formula is C26H18N4O4. The molecule has 5 rings (SSSR count). The van der Waals surface area contributed by atoms with Gasteiger partial charge < -0.3 is 20.6 Å². The van der Waals surface area contributed by atoms with Crippen LogP contribution >= 0.6 is 0 Å². The molecule has 8 heteroatoms. The highest BCUT2D eigenvalue weighted by Crippen LogP contribution is 2.41. The summed E-state index contributed by atoms with van der Waals surface area (Å²) in [6.45, 7) is 0. The van der Waals surface area contributed by atoms with Crippen LogP contribution in [-0.4, -0.2) is 16.9 Å².